The van der Waals surface area contributed by atoms with Gasteiger partial charge in [0.25, 0.3) is 0 Å². The molecule has 0 aliphatic carbocycles. The molecule has 0 spiro atoms. The van der Waals surface area contributed by atoms with E-state index in [1.807, 2.05) is 12.1 Å². The Morgan fingerprint density at radius 2 is 1.61 bits per heavy atom. The molecule has 0 atom stereocenters. The minimum Gasteiger partial charge on any atom is -0.493 e. The van der Waals surface area contributed by atoms with E-state index in [0.29, 0.717) is 25.2 Å². The van der Waals surface area contributed by atoms with Gasteiger partial charge in [-0.25, -0.2) is 9.59 Å². The maximum atomic E-state index is 11.4. The number of hydrogen-bond donors (Lipinski definition) is 3. The van der Waals surface area contributed by atoms with Crippen LogP contribution in [0.2, 0.25) is 0 Å². The summed E-state index contributed by atoms with van der Waals surface area (Å²) >= 11 is 1.77. The van der Waals surface area contributed by atoms with Crippen LogP contribution in [0.5, 0.6) is 11.5 Å². The van der Waals surface area contributed by atoms with Gasteiger partial charge in [0, 0.05) is 28.1 Å². The van der Waals surface area contributed by atoms with Gasteiger partial charge in [-0.05, 0) is 97.2 Å². The Hall–Kier alpha value is -4.45. The Morgan fingerprint density at radius 3 is 2.28 bits per heavy atom. The molecule has 10 nitrogen and oxygen atoms in total. The van der Waals surface area contributed by atoms with Crippen molar-refractivity contribution < 1.29 is 43.9 Å². The van der Waals surface area contributed by atoms with Crippen molar-refractivity contribution in [1.29, 1.82) is 0 Å². The number of fused-ring (bicyclic) bond motifs is 1. The van der Waals surface area contributed by atoms with Gasteiger partial charge in [-0.15, -0.1) is 11.3 Å². The molecular formula is C35H39NO9S. The van der Waals surface area contributed by atoms with Crippen LogP contribution in [-0.4, -0.2) is 78.1 Å². The van der Waals surface area contributed by atoms with Crippen molar-refractivity contribution >= 4 is 39.3 Å². The lowest BCUT2D eigenvalue weighted by atomic mass is 9.98. The number of rotatable bonds is 13. The SMILES string of the molecule is COC(=O)CCCOc1ccc(-c2sc3ccccc3c2Cc2ccc(OCCN3CCCC3)cc2)cc1CO.O=C(O)C(=O)O. The smallest absolute Gasteiger partial charge is 0.414 e. The van der Waals surface area contributed by atoms with E-state index in [1.54, 1.807) is 11.3 Å². The van der Waals surface area contributed by atoms with Gasteiger partial charge in [0.2, 0.25) is 0 Å². The van der Waals surface area contributed by atoms with Crippen LogP contribution in [0.25, 0.3) is 20.5 Å². The van der Waals surface area contributed by atoms with Crippen LogP contribution in [-0.2, 0) is 32.1 Å². The average molecular weight is 650 g/mol. The summed E-state index contributed by atoms with van der Waals surface area (Å²) in [7, 11) is 1.38. The number of aliphatic hydroxyl groups is 1. The van der Waals surface area contributed by atoms with Crippen molar-refractivity contribution in [3.8, 4) is 21.9 Å². The molecule has 0 saturated carbocycles. The van der Waals surface area contributed by atoms with E-state index >= 15 is 0 Å². The molecule has 1 fully saturated rings. The third-order valence-electron chi connectivity index (χ3n) is 7.56. The van der Waals surface area contributed by atoms with Gasteiger partial charge in [-0.3, -0.25) is 9.69 Å². The van der Waals surface area contributed by atoms with Crippen LogP contribution in [0, 0.1) is 0 Å². The largest absolute Gasteiger partial charge is 0.493 e. The predicted octanol–water partition coefficient (Wildman–Crippen LogP) is 5.61. The van der Waals surface area contributed by atoms with Gasteiger partial charge in [-0.2, -0.15) is 0 Å². The van der Waals surface area contributed by atoms with E-state index in [2.05, 4.69) is 64.2 Å². The van der Waals surface area contributed by atoms with Crippen LogP contribution in [0.3, 0.4) is 0 Å². The zero-order valence-corrected chi connectivity index (χ0v) is 26.6. The maximum Gasteiger partial charge on any atom is 0.414 e. The number of carbonyl (C=O) groups excluding carboxylic acids is 1. The third-order valence-corrected chi connectivity index (χ3v) is 8.83. The second-order valence-electron chi connectivity index (χ2n) is 10.7. The minimum atomic E-state index is -1.82. The zero-order valence-electron chi connectivity index (χ0n) is 25.8. The van der Waals surface area contributed by atoms with Crippen LogP contribution in [0.15, 0.2) is 66.7 Å². The molecule has 46 heavy (non-hydrogen) atoms. The summed E-state index contributed by atoms with van der Waals surface area (Å²) in [5.41, 5.74) is 4.29. The topological polar surface area (TPSA) is 143 Å². The summed E-state index contributed by atoms with van der Waals surface area (Å²) < 4.78 is 17.8. The number of ether oxygens (including phenoxy) is 3. The molecule has 5 rings (SSSR count). The molecule has 11 heteroatoms. The van der Waals surface area contributed by atoms with E-state index < -0.39 is 11.9 Å². The highest BCUT2D eigenvalue weighted by Crippen LogP contribution is 2.41. The summed E-state index contributed by atoms with van der Waals surface area (Å²) in [5.74, 6) is -2.35. The van der Waals surface area contributed by atoms with Crippen molar-refractivity contribution in [3.63, 3.8) is 0 Å². The predicted molar refractivity (Wildman–Crippen MR) is 176 cm³/mol. The van der Waals surface area contributed by atoms with Crippen LogP contribution in [0.1, 0.15) is 42.4 Å². The van der Waals surface area contributed by atoms with Crippen molar-refractivity contribution in [2.75, 3.05) is 40.0 Å². The molecule has 1 saturated heterocycles. The highest BCUT2D eigenvalue weighted by Gasteiger charge is 2.17. The van der Waals surface area contributed by atoms with E-state index in [9.17, 15) is 9.90 Å². The molecule has 2 heterocycles. The number of carbonyl (C=O) groups is 3. The van der Waals surface area contributed by atoms with Gasteiger partial charge < -0.3 is 29.5 Å². The molecule has 0 radical (unpaired) electrons. The average Bonchev–Trinajstić information content (AvgIpc) is 3.72. The van der Waals surface area contributed by atoms with Gasteiger partial charge in [-0.1, -0.05) is 30.3 Å². The summed E-state index contributed by atoms with van der Waals surface area (Å²) in [6.45, 7) is 4.33. The second kappa shape index (κ2) is 17.3. The van der Waals surface area contributed by atoms with Gasteiger partial charge in [0.15, 0.2) is 0 Å². The molecule has 1 aliphatic heterocycles. The van der Waals surface area contributed by atoms with Gasteiger partial charge in [0.05, 0.1) is 20.3 Å². The number of carboxylic acid groups (broad SMARTS) is 2. The third kappa shape index (κ3) is 9.77. The van der Waals surface area contributed by atoms with Gasteiger partial charge in [0.1, 0.15) is 18.1 Å². The number of benzene rings is 3. The fourth-order valence-corrected chi connectivity index (χ4v) is 6.42. The minimum absolute atomic E-state index is 0.125. The Balaban J connectivity index is 0.000000731. The standard InChI is InChI=1S/C33H37NO5S.C2H2O4/c1-37-32(36)9-6-19-39-30-15-12-25(22-26(30)23-35)33-29(28-7-2-3-8-31(28)40-33)21-24-10-13-27(14-11-24)38-20-18-34-16-4-5-17-34;3-1(4)2(5)6/h2-3,7-8,10-15,22,35H,4-6,9,16-21,23H2,1H3;(H,3,4)(H,5,6). The number of nitrogens with zero attached hydrogens (tertiary/aromatic N) is 1. The quantitative estimate of drug-likeness (QED) is 0.0950. The zero-order chi connectivity index (χ0) is 32.9. The Bertz CT molecular complexity index is 1600. The molecular weight excluding hydrogens is 610 g/mol. The number of hydrogen-bond acceptors (Lipinski definition) is 9. The molecule has 3 aromatic carbocycles. The fourth-order valence-electron chi connectivity index (χ4n) is 5.20. The van der Waals surface area contributed by atoms with E-state index in [4.69, 9.17) is 29.3 Å². The fraction of sp³-hybridized carbons (Fsp3) is 0.343. The highest BCUT2D eigenvalue weighted by atomic mass is 32.1. The number of thiophene rings is 1. The number of aliphatic hydroxyl groups excluding tert-OH is 1. The second-order valence-corrected chi connectivity index (χ2v) is 11.8. The van der Waals surface area contributed by atoms with Crippen LogP contribution in [0.4, 0.5) is 0 Å². The van der Waals surface area contributed by atoms with E-state index in [1.165, 1.54) is 59.1 Å². The molecule has 244 valence electrons. The lowest BCUT2D eigenvalue weighted by Crippen LogP contribution is -2.25. The van der Waals surface area contributed by atoms with Crippen molar-refractivity contribution in [3.05, 3.63) is 83.4 Å². The molecule has 4 aromatic rings. The Kier molecular flexibility index (Phi) is 12.9. The first-order valence-electron chi connectivity index (χ1n) is 15.1. The molecule has 3 N–H and O–H groups in total. The van der Waals surface area contributed by atoms with E-state index in [0.717, 1.165) is 36.4 Å². The van der Waals surface area contributed by atoms with Crippen molar-refractivity contribution in [2.45, 2.75) is 38.7 Å². The van der Waals surface area contributed by atoms with Crippen molar-refractivity contribution in [2.24, 2.45) is 0 Å². The normalized spacial score (nSPS) is 12.7. The summed E-state index contributed by atoms with van der Waals surface area (Å²) in [6.07, 6.45) is 4.26. The van der Waals surface area contributed by atoms with E-state index in [-0.39, 0.29) is 12.6 Å². The molecule has 0 amide bonds. The monoisotopic (exact) mass is 649 g/mol. The summed E-state index contributed by atoms with van der Waals surface area (Å²) in [6, 6.07) is 23.0. The number of esters is 1. The first-order valence-corrected chi connectivity index (χ1v) is 15.9. The van der Waals surface area contributed by atoms with Crippen LogP contribution >= 0.6 is 11.3 Å². The first-order chi connectivity index (χ1) is 22.3. The van der Waals surface area contributed by atoms with Crippen molar-refractivity contribution in [1.82, 2.24) is 4.90 Å². The Labute approximate surface area is 271 Å². The molecule has 0 unspecified atom stereocenters. The molecule has 1 aromatic heterocycles. The number of likely N-dealkylation sites (tertiary alicyclic amines) is 1. The summed E-state index contributed by atoms with van der Waals surface area (Å²) in [5, 5.41) is 26.1. The Morgan fingerprint density at radius 1 is 0.891 bits per heavy atom. The molecule has 0 bridgehead atoms. The first kappa shape index (κ1) is 34.4. The summed E-state index contributed by atoms with van der Waals surface area (Å²) in [4.78, 5) is 33.2. The maximum absolute atomic E-state index is 11.4. The number of aliphatic carboxylic acids is 2. The lowest BCUT2D eigenvalue weighted by Gasteiger charge is -2.15. The highest BCUT2D eigenvalue weighted by molar-refractivity contribution is 7.22. The number of methoxy groups -OCH3 is 1. The lowest BCUT2D eigenvalue weighted by molar-refractivity contribution is -0.159. The van der Waals surface area contributed by atoms with Crippen LogP contribution < -0.4 is 9.47 Å². The molecule has 1 aliphatic rings. The number of carboxylic acids is 2. The van der Waals surface area contributed by atoms with Gasteiger partial charge >= 0.3 is 17.9 Å².